The number of halogens is 1. The highest BCUT2D eigenvalue weighted by molar-refractivity contribution is 9.11. The Morgan fingerprint density at radius 3 is 3.00 bits per heavy atom. The van der Waals surface area contributed by atoms with E-state index in [9.17, 15) is 0 Å². The van der Waals surface area contributed by atoms with Gasteiger partial charge in [-0.05, 0) is 58.2 Å². The van der Waals surface area contributed by atoms with Gasteiger partial charge in [-0.1, -0.05) is 12.8 Å². The van der Waals surface area contributed by atoms with Gasteiger partial charge in [-0.2, -0.15) is 0 Å². The summed E-state index contributed by atoms with van der Waals surface area (Å²) in [6, 6.07) is 2.19. The maximum absolute atomic E-state index is 3.48. The summed E-state index contributed by atoms with van der Waals surface area (Å²) in [5.74, 6) is 1.08. The van der Waals surface area contributed by atoms with Crippen molar-refractivity contribution in [3.8, 4) is 0 Å². The van der Waals surface area contributed by atoms with E-state index in [1.165, 1.54) is 41.6 Å². The van der Waals surface area contributed by atoms with E-state index in [0.717, 1.165) is 12.5 Å². The molecule has 1 aliphatic carbocycles. The first-order valence-electron chi connectivity index (χ1n) is 5.28. The lowest BCUT2D eigenvalue weighted by Crippen LogP contribution is -2.14. The van der Waals surface area contributed by atoms with Crippen LogP contribution in [-0.2, 0) is 6.54 Å². The lowest BCUT2D eigenvalue weighted by Gasteiger charge is -2.01. The third-order valence-corrected chi connectivity index (χ3v) is 4.17. The predicted molar refractivity (Wildman–Crippen MR) is 65.7 cm³/mol. The average molecular weight is 274 g/mol. The highest BCUT2D eigenvalue weighted by atomic mass is 79.9. The van der Waals surface area contributed by atoms with Gasteiger partial charge in [0.05, 0.1) is 3.79 Å². The van der Waals surface area contributed by atoms with E-state index in [0.29, 0.717) is 0 Å². The molecule has 0 atom stereocenters. The molecule has 3 heteroatoms. The van der Waals surface area contributed by atoms with Crippen LogP contribution >= 0.6 is 27.3 Å². The number of thiophene rings is 1. The monoisotopic (exact) mass is 273 g/mol. The first kappa shape index (κ1) is 10.7. The number of hydrogen-bond donors (Lipinski definition) is 1. The van der Waals surface area contributed by atoms with Gasteiger partial charge in [0.15, 0.2) is 0 Å². The molecule has 1 aromatic heterocycles. The SMILES string of the molecule is Brc1cc(CNCCCC2CC2)cs1. The van der Waals surface area contributed by atoms with Gasteiger partial charge in [-0.3, -0.25) is 0 Å². The molecule has 0 aromatic carbocycles. The number of rotatable bonds is 6. The normalized spacial score (nSPS) is 16.1. The minimum atomic E-state index is 1.02. The van der Waals surface area contributed by atoms with Gasteiger partial charge in [-0.15, -0.1) is 11.3 Å². The highest BCUT2D eigenvalue weighted by Crippen LogP contribution is 2.33. The fraction of sp³-hybridized carbons (Fsp3) is 0.636. The van der Waals surface area contributed by atoms with Crippen molar-refractivity contribution >= 4 is 27.3 Å². The molecule has 1 heterocycles. The quantitative estimate of drug-likeness (QED) is 0.778. The third kappa shape index (κ3) is 3.71. The topological polar surface area (TPSA) is 12.0 Å². The molecule has 1 aliphatic rings. The fourth-order valence-corrected chi connectivity index (χ4v) is 2.80. The van der Waals surface area contributed by atoms with Crippen LogP contribution in [0.1, 0.15) is 31.2 Å². The summed E-state index contributed by atoms with van der Waals surface area (Å²) in [7, 11) is 0. The molecule has 1 N–H and O–H groups in total. The zero-order valence-corrected chi connectivity index (χ0v) is 10.7. The van der Waals surface area contributed by atoms with Gasteiger partial charge in [0, 0.05) is 6.54 Å². The van der Waals surface area contributed by atoms with E-state index in [4.69, 9.17) is 0 Å². The Morgan fingerprint density at radius 1 is 1.50 bits per heavy atom. The molecule has 1 nitrogen and oxygen atoms in total. The average Bonchev–Trinajstić information content (AvgIpc) is 2.89. The maximum Gasteiger partial charge on any atom is 0.0701 e. The first-order chi connectivity index (χ1) is 6.84. The Hall–Kier alpha value is 0.140. The number of hydrogen-bond acceptors (Lipinski definition) is 2. The minimum Gasteiger partial charge on any atom is -0.313 e. The van der Waals surface area contributed by atoms with Crippen molar-refractivity contribution < 1.29 is 0 Å². The van der Waals surface area contributed by atoms with Gasteiger partial charge in [0.25, 0.3) is 0 Å². The standard InChI is InChI=1S/C11H16BrNS/c12-11-6-10(8-14-11)7-13-5-1-2-9-3-4-9/h6,8-9,13H,1-5,7H2. The summed E-state index contributed by atoms with van der Waals surface area (Å²) < 4.78 is 1.23. The predicted octanol–water partition coefficient (Wildman–Crippen LogP) is 3.79. The van der Waals surface area contributed by atoms with Gasteiger partial charge in [0.2, 0.25) is 0 Å². The lowest BCUT2D eigenvalue weighted by molar-refractivity contribution is 0.594. The summed E-state index contributed by atoms with van der Waals surface area (Å²) in [6.45, 7) is 2.19. The molecule has 0 bridgehead atoms. The van der Waals surface area contributed by atoms with E-state index in [2.05, 4.69) is 32.7 Å². The molecule has 0 spiro atoms. The fourth-order valence-electron chi connectivity index (χ4n) is 1.59. The molecule has 2 rings (SSSR count). The summed E-state index contributed by atoms with van der Waals surface area (Å²) in [6.07, 6.45) is 5.74. The lowest BCUT2D eigenvalue weighted by atomic mass is 10.2. The maximum atomic E-state index is 3.48. The molecule has 0 saturated heterocycles. The molecule has 0 unspecified atom stereocenters. The van der Waals surface area contributed by atoms with Crippen LogP contribution in [0.2, 0.25) is 0 Å². The molecule has 14 heavy (non-hydrogen) atoms. The second kappa shape index (κ2) is 5.29. The molecule has 0 aliphatic heterocycles. The molecular formula is C11H16BrNS. The molecule has 78 valence electrons. The highest BCUT2D eigenvalue weighted by Gasteiger charge is 2.19. The summed E-state index contributed by atoms with van der Waals surface area (Å²) >= 11 is 5.23. The van der Waals surface area contributed by atoms with E-state index in [1.807, 2.05) is 0 Å². The number of nitrogens with one attached hydrogen (secondary N) is 1. The molecular weight excluding hydrogens is 258 g/mol. The Bertz CT molecular complexity index is 281. The van der Waals surface area contributed by atoms with Crippen LogP contribution in [0.15, 0.2) is 15.2 Å². The zero-order chi connectivity index (χ0) is 9.80. The third-order valence-electron chi connectivity index (χ3n) is 2.61. The largest absolute Gasteiger partial charge is 0.313 e. The van der Waals surface area contributed by atoms with Crippen LogP contribution < -0.4 is 5.32 Å². The second-order valence-electron chi connectivity index (χ2n) is 4.02. The Kier molecular flexibility index (Phi) is 4.02. The van der Waals surface area contributed by atoms with Crippen molar-refractivity contribution in [1.82, 2.24) is 5.32 Å². The Balaban J connectivity index is 1.53. The summed E-state index contributed by atoms with van der Waals surface area (Å²) in [5.41, 5.74) is 1.40. The molecule has 1 fully saturated rings. The van der Waals surface area contributed by atoms with Gasteiger partial charge >= 0.3 is 0 Å². The zero-order valence-electron chi connectivity index (χ0n) is 8.26. The first-order valence-corrected chi connectivity index (χ1v) is 6.95. The van der Waals surface area contributed by atoms with E-state index in [-0.39, 0.29) is 0 Å². The van der Waals surface area contributed by atoms with Crippen LogP contribution in [-0.4, -0.2) is 6.54 Å². The van der Waals surface area contributed by atoms with Crippen molar-refractivity contribution in [2.45, 2.75) is 32.2 Å². The molecule has 0 radical (unpaired) electrons. The molecule has 0 amide bonds. The van der Waals surface area contributed by atoms with Gasteiger partial charge in [0.1, 0.15) is 0 Å². The van der Waals surface area contributed by atoms with Crippen LogP contribution in [0.5, 0.6) is 0 Å². The van der Waals surface area contributed by atoms with Crippen molar-refractivity contribution in [3.63, 3.8) is 0 Å². The van der Waals surface area contributed by atoms with Crippen LogP contribution in [0.4, 0.5) is 0 Å². The minimum absolute atomic E-state index is 1.02. The van der Waals surface area contributed by atoms with Gasteiger partial charge < -0.3 is 5.32 Å². The smallest absolute Gasteiger partial charge is 0.0701 e. The van der Waals surface area contributed by atoms with Crippen molar-refractivity contribution in [1.29, 1.82) is 0 Å². The molecule has 1 aromatic rings. The molecule has 1 saturated carbocycles. The van der Waals surface area contributed by atoms with Crippen LogP contribution in [0, 0.1) is 5.92 Å². The second-order valence-corrected chi connectivity index (χ2v) is 6.31. The summed E-state index contributed by atoms with van der Waals surface area (Å²) in [5, 5.41) is 5.69. The van der Waals surface area contributed by atoms with Crippen LogP contribution in [0.3, 0.4) is 0 Å². The van der Waals surface area contributed by atoms with E-state index >= 15 is 0 Å². The van der Waals surface area contributed by atoms with Crippen LogP contribution in [0.25, 0.3) is 0 Å². The van der Waals surface area contributed by atoms with Crippen molar-refractivity contribution in [3.05, 3.63) is 20.8 Å². The Labute approximate surface area is 98.0 Å². The van der Waals surface area contributed by atoms with Gasteiger partial charge in [-0.25, -0.2) is 0 Å². The summed E-state index contributed by atoms with van der Waals surface area (Å²) in [4.78, 5) is 0. The van der Waals surface area contributed by atoms with Crippen molar-refractivity contribution in [2.24, 2.45) is 5.92 Å². The van der Waals surface area contributed by atoms with E-state index < -0.39 is 0 Å². The Morgan fingerprint density at radius 2 is 2.36 bits per heavy atom. The van der Waals surface area contributed by atoms with Crippen molar-refractivity contribution in [2.75, 3.05) is 6.54 Å². The van der Waals surface area contributed by atoms with E-state index in [1.54, 1.807) is 11.3 Å².